The highest BCUT2D eigenvalue weighted by Crippen LogP contribution is 2.22. The molecule has 1 aromatic carbocycles. The molecule has 0 aliphatic carbocycles. The molecular weight excluding hydrogens is 477 g/mol. The first-order chi connectivity index (χ1) is 13.2. The van der Waals surface area contributed by atoms with Gasteiger partial charge in [0, 0.05) is 46.0 Å². The quantitative estimate of drug-likeness (QED) is 0.105. The van der Waals surface area contributed by atoms with E-state index in [-0.39, 0.29) is 35.8 Å². The number of nitrogens with zero attached hydrogens (tertiary/aromatic N) is 2. The summed E-state index contributed by atoms with van der Waals surface area (Å²) in [6, 6.07) is 6.60. The van der Waals surface area contributed by atoms with Crippen molar-refractivity contribution >= 4 is 41.3 Å². The minimum Gasteiger partial charge on any atom is -0.379 e. The molecule has 1 aromatic rings. The summed E-state index contributed by atoms with van der Waals surface area (Å²) < 4.78 is 11.1. The molecule has 158 valence electrons. The zero-order valence-electron chi connectivity index (χ0n) is 16.2. The highest BCUT2D eigenvalue weighted by Gasteiger charge is 2.15. The van der Waals surface area contributed by atoms with E-state index in [0.717, 1.165) is 32.4 Å². The van der Waals surface area contributed by atoms with Crippen molar-refractivity contribution in [2.75, 3.05) is 51.8 Å². The van der Waals surface area contributed by atoms with E-state index in [0.29, 0.717) is 38.0 Å². The predicted octanol–water partition coefficient (Wildman–Crippen LogP) is 2.38. The molecule has 1 saturated heterocycles. The third-order valence-electron chi connectivity index (χ3n) is 4.14. The smallest absolute Gasteiger partial charge is 0.292 e. The van der Waals surface area contributed by atoms with Crippen molar-refractivity contribution in [1.29, 1.82) is 0 Å². The summed E-state index contributed by atoms with van der Waals surface area (Å²) in [5.41, 5.74) is 0.582. The lowest BCUT2D eigenvalue weighted by molar-refractivity contribution is -0.384. The summed E-state index contributed by atoms with van der Waals surface area (Å²) in [7, 11) is 1.71. The first kappa shape index (κ1) is 24.4. The Morgan fingerprint density at radius 3 is 2.82 bits per heavy atom. The van der Waals surface area contributed by atoms with E-state index in [1.807, 2.05) is 0 Å². The normalized spacial score (nSPS) is 16.3. The van der Waals surface area contributed by atoms with E-state index in [1.54, 1.807) is 25.2 Å². The number of para-hydroxylation sites is 2. The summed E-state index contributed by atoms with van der Waals surface area (Å²) in [6.07, 6.45) is 3.36. The average molecular weight is 507 g/mol. The van der Waals surface area contributed by atoms with Crippen molar-refractivity contribution in [1.82, 2.24) is 10.6 Å². The van der Waals surface area contributed by atoms with Crippen LogP contribution in [0.2, 0.25) is 0 Å². The number of nitrogens with one attached hydrogen (secondary N) is 3. The van der Waals surface area contributed by atoms with Gasteiger partial charge < -0.3 is 25.4 Å². The molecule has 1 fully saturated rings. The standard InChI is InChI=1S/C18H29N5O4.HI/c1-19-18(21-9-5-12-26-14-15-6-4-13-27-15)22-11-10-20-16-7-2-3-8-17(16)23(24)25;/h2-3,7-8,15,20H,4-6,9-14H2,1H3,(H2,19,21,22);1H. The van der Waals surface area contributed by atoms with Crippen LogP contribution in [0.1, 0.15) is 19.3 Å². The molecule has 1 aliphatic heterocycles. The van der Waals surface area contributed by atoms with Crippen molar-refractivity contribution in [2.24, 2.45) is 4.99 Å². The zero-order chi connectivity index (χ0) is 19.3. The number of guanidine groups is 1. The number of ether oxygens (including phenoxy) is 2. The number of hydrogen-bond acceptors (Lipinski definition) is 6. The van der Waals surface area contributed by atoms with Crippen LogP contribution in [0.15, 0.2) is 29.3 Å². The summed E-state index contributed by atoms with van der Waals surface area (Å²) in [6.45, 7) is 4.08. The topological polar surface area (TPSA) is 110 Å². The summed E-state index contributed by atoms with van der Waals surface area (Å²) in [4.78, 5) is 14.7. The molecule has 0 radical (unpaired) electrons. The van der Waals surface area contributed by atoms with Gasteiger partial charge in [0.15, 0.2) is 5.96 Å². The van der Waals surface area contributed by atoms with Crippen LogP contribution in [0.25, 0.3) is 0 Å². The average Bonchev–Trinajstić information content (AvgIpc) is 3.19. The SMILES string of the molecule is CN=C(NCCCOCC1CCCO1)NCCNc1ccccc1[N+](=O)[O-].I. The van der Waals surface area contributed by atoms with Gasteiger partial charge in [-0.3, -0.25) is 15.1 Å². The van der Waals surface area contributed by atoms with Crippen LogP contribution in [-0.2, 0) is 9.47 Å². The molecule has 0 bridgehead atoms. The number of nitro groups is 1. The Hall–Kier alpha value is -1.66. The predicted molar refractivity (Wildman–Crippen MR) is 121 cm³/mol. The van der Waals surface area contributed by atoms with Crippen LogP contribution >= 0.6 is 24.0 Å². The maximum atomic E-state index is 11.0. The van der Waals surface area contributed by atoms with Crippen molar-refractivity contribution < 1.29 is 14.4 Å². The van der Waals surface area contributed by atoms with Gasteiger partial charge in [0.25, 0.3) is 5.69 Å². The van der Waals surface area contributed by atoms with Crippen LogP contribution in [-0.4, -0.2) is 63.5 Å². The van der Waals surface area contributed by atoms with Crippen LogP contribution in [0.3, 0.4) is 0 Å². The second-order valence-electron chi connectivity index (χ2n) is 6.19. The van der Waals surface area contributed by atoms with Gasteiger partial charge in [-0.05, 0) is 25.3 Å². The number of aliphatic imine (C=N–C) groups is 1. The molecule has 2 rings (SSSR count). The Morgan fingerprint density at radius 1 is 1.32 bits per heavy atom. The monoisotopic (exact) mass is 507 g/mol. The first-order valence-electron chi connectivity index (χ1n) is 9.32. The van der Waals surface area contributed by atoms with Crippen molar-refractivity contribution in [2.45, 2.75) is 25.4 Å². The van der Waals surface area contributed by atoms with Crippen LogP contribution in [0, 0.1) is 10.1 Å². The van der Waals surface area contributed by atoms with E-state index in [1.165, 1.54) is 6.07 Å². The fourth-order valence-electron chi connectivity index (χ4n) is 2.75. The summed E-state index contributed by atoms with van der Waals surface area (Å²) in [5.74, 6) is 0.693. The number of hydrogen-bond donors (Lipinski definition) is 3. The number of benzene rings is 1. The highest BCUT2D eigenvalue weighted by molar-refractivity contribution is 14.0. The Kier molecular flexibility index (Phi) is 12.5. The molecule has 1 heterocycles. The maximum absolute atomic E-state index is 11.0. The molecule has 1 aliphatic rings. The summed E-state index contributed by atoms with van der Waals surface area (Å²) in [5, 5.41) is 20.4. The largest absolute Gasteiger partial charge is 0.379 e. The van der Waals surface area contributed by atoms with Gasteiger partial charge in [0.1, 0.15) is 5.69 Å². The van der Waals surface area contributed by atoms with Crippen LogP contribution in [0.4, 0.5) is 11.4 Å². The van der Waals surface area contributed by atoms with Gasteiger partial charge in [-0.1, -0.05) is 12.1 Å². The number of anilines is 1. The Labute approximate surface area is 182 Å². The molecule has 9 nitrogen and oxygen atoms in total. The van der Waals surface area contributed by atoms with Gasteiger partial charge in [-0.15, -0.1) is 24.0 Å². The minimum atomic E-state index is -0.392. The fraction of sp³-hybridized carbons (Fsp3) is 0.611. The second-order valence-corrected chi connectivity index (χ2v) is 6.19. The van der Waals surface area contributed by atoms with Crippen molar-refractivity contribution in [3.63, 3.8) is 0 Å². The Bertz CT molecular complexity index is 611. The number of nitro benzene ring substituents is 1. The van der Waals surface area contributed by atoms with Gasteiger partial charge in [-0.25, -0.2) is 0 Å². The third kappa shape index (κ3) is 9.02. The molecule has 0 amide bonds. The second kappa shape index (κ2) is 14.4. The number of rotatable bonds is 11. The Morgan fingerprint density at radius 2 is 2.11 bits per heavy atom. The van der Waals surface area contributed by atoms with E-state index in [9.17, 15) is 10.1 Å². The molecule has 28 heavy (non-hydrogen) atoms. The lowest BCUT2D eigenvalue weighted by Gasteiger charge is -2.13. The summed E-state index contributed by atoms with van der Waals surface area (Å²) >= 11 is 0. The zero-order valence-corrected chi connectivity index (χ0v) is 18.5. The molecule has 0 saturated carbocycles. The third-order valence-corrected chi connectivity index (χ3v) is 4.14. The van der Waals surface area contributed by atoms with E-state index in [4.69, 9.17) is 9.47 Å². The molecule has 0 spiro atoms. The van der Waals surface area contributed by atoms with Gasteiger partial charge in [0.05, 0.1) is 17.6 Å². The Balaban J connectivity index is 0.00000392. The molecule has 1 unspecified atom stereocenters. The van der Waals surface area contributed by atoms with Crippen molar-refractivity contribution in [3.05, 3.63) is 34.4 Å². The first-order valence-corrected chi connectivity index (χ1v) is 9.32. The van der Waals surface area contributed by atoms with Gasteiger partial charge in [-0.2, -0.15) is 0 Å². The fourth-order valence-corrected chi connectivity index (χ4v) is 2.75. The van der Waals surface area contributed by atoms with E-state index < -0.39 is 4.92 Å². The number of halogens is 1. The molecule has 1 atom stereocenters. The lowest BCUT2D eigenvalue weighted by Crippen LogP contribution is -2.40. The highest BCUT2D eigenvalue weighted by atomic mass is 127. The molecular formula is C18H30IN5O4. The van der Waals surface area contributed by atoms with Gasteiger partial charge >= 0.3 is 0 Å². The van der Waals surface area contributed by atoms with Gasteiger partial charge in [0.2, 0.25) is 0 Å². The maximum Gasteiger partial charge on any atom is 0.292 e. The minimum absolute atomic E-state index is 0. The van der Waals surface area contributed by atoms with Crippen LogP contribution in [0.5, 0.6) is 0 Å². The molecule has 10 heteroatoms. The van der Waals surface area contributed by atoms with Crippen molar-refractivity contribution in [3.8, 4) is 0 Å². The lowest BCUT2D eigenvalue weighted by atomic mass is 10.2. The van der Waals surface area contributed by atoms with Crippen LogP contribution < -0.4 is 16.0 Å². The van der Waals surface area contributed by atoms with E-state index >= 15 is 0 Å². The molecule has 3 N–H and O–H groups in total. The van der Waals surface area contributed by atoms with E-state index in [2.05, 4.69) is 20.9 Å². The molecule has 0 aromatic heterocycles.